The Bertz CT molecular complexity index is 883. The SMILES string of the molecule is [Be+2].[O-]c1ccccc1-c1ccccn1.[O-]c1ccccc1-c1ccccn1. The summed E-state index contributed by atoms with van der Waals surface area (Å²) in [7, 11) is 0. The quantitative estimate of drug-likeness (QED) is 0.521. The number of hydrogen-bond donors (Lipinski definition) is 0. The minimum Gasteiger partial charge on any atom is -0.872 e. The van der Waals surface area contributed by atoms with Gasteiger partial charge in [-0.15, -0.1) is 0 Å². The molecule has 0 fully saturated rings. The molecule has 0 aliphatic rings. The van der Waals surface area contributed by atoms with Crippen LogP contribution in [0.2, 0.25) is 0 Å². The summed E-state index contributed by atoms with van der Waals surface area (Å²) in [5.41, 5.74) is 2.77. The standard InChI is InChI=1S/2C11H9NO.Be/c2*13-11-7-2-1-5-9(11)10-6-3-4-8-12-10;/h2*1-8,13H;/q;;+2/p-2. The van der Waals surface area contributed by atoms with E-state index >= 15 is 0 Å². The van der Waals surface area contributed by atoms with Gasteiger partial charge in [0.1, 0.15) is 0 Å². The Morgan fingerprint density at radius 3 is 1.19 bits per heavy atom. The van der Waals surface area contributed by atoms with Crippen LogP contribution in [-0.4, -0.2) is 20.1 Å². The van der Waals surface area contributed by atoms with E-state index in [1.165, 1.54) is 0 Å². The van der Waals surface area contributed by atoms with Crippen molar-refractivity contribution < 1.29 is 10.2 Å². The molecule has 0 N–H and O–H groups in total. The van der Waals surface area contributed by atoms with Crippen LogP contribution < -0.4 is 10.2 Å². The third kappa shape index (κ3) is 5.24. The Morgan fingerprint density at radius 2 is 0.852 bits per heavy atom. The molecule has 27 heavy (non-hydrogen) atoms. The third-order valence-electron chi connectivity index (χ3n) is 3.66. The number of pyridine rings is 2. The first-order valence-corrected chi connectivity index (χ1v) is 8.10. The van der Waals surface area contributed by atoms with E-state index in [4.69, 9.17) is 0 Å². The number of nitrogens with zero attached hydrogens (tertiary/aromatic N) is 2. The van der Waals surface area contributed by atoms with Crippen LogP contribution in [0.1, 0.15) is 0 Å². The molecule has 0 aliphatic heterocycles. The third-order valence-corrected chi connectivity index (χ3v) is 3.66. The van der Waals surface area contributed by atoms with Gasteiger partial charge in [-0.25, -0.2) is 0 Å². The van der Waals surface area contributed by atoms with E-state index in [0.717, 1.165) is 11.4 Å². The Kier molecular flexibility index (Phi) is 7.24. The van der Waals surface area contributed by atoms with Gasteiger partial charge >= 0.3 is 10.1 Å². The first kappa shape index (κ1) is 19.8. The van der Waals surface area contributed by atoms with Crippen molar-refractivity contribution in [2.75, 3.05) is 0 Å². The van der Waals surface area contributed by atoms with Gasteiger partial charge in [0.2, 0.25) is 0 Å². The van der Waals surface area contributed by atoms with E-state index in [0.29, 0.717) is 11.1 Å². The summed E-state index contributed by atoms with van der Waals surface area (Å²) < 4.78 is 0. The first-order valence-electron chi connectivity index (χ1n) is 8.10. The van der Waals surface area contributed by atoms with Gasteiger partial charge in [-0.2, -0.15) is 0 Å². The molecule has 0 atom stereocenters. The largest absolute Gasteiger partial charge is 2.00 e. The van der Waals surface area contributed by atoms with Gasteiger partial charge in [0.05, 0.1) is 11.4 Å². The summed E-state index contributed by atoms with van der Waals surface area (Å²) in [5.74, 6) is 0.0300. The first-order chi connectivity index (χ1) is 12.8. The van der Waals surface area contributed by atoms with Gasteiger partial charge < -0.3 is 10.2 Å². The van der Waals surface area contributed by atoms with Crippen molar-refractivity contribution in [3.8, 4) is 34.0 Å². The fourth-order valence-electron chi connectivity index (χ4n) is 2.40. The molecule has 128 valence electrons. The number of benzene rings is 2. The molecule has 0 amide bonds. The van der Waals surface area contributed by atoms with Crippen molar-refractivity contribution in [1.29, 1.82) is 0 Å². The number of hydrogen-bond acceptors (Lipinski definition) is 4. The van der Waals surface area contributed by atoms with Crippen molar-refractivity contribution in [2.45, 2.75) is 0 Å². The van der Waals surface area contributed by atoms with Crippen molar-refractivity contribution in [3.05, 3.63) is 97.3 Å². The van der Waals surface area contributed by atoms with Gasteiger partial charge in [0.25, 0.3) is 0 Å². The van der Waals surface area contributed by atoms with Crippen molar-refractivity contribution >= 4 is 10.1 Å². The molecular weight excluding hydrogens is 333 g/mol. The van der Waals surface area contributed by atoms with Gasteiger partial charge in [-0.05, 0) is 35.4 Å². The summed E-state index contributed by atoms with van der Waals surface area (Å²) in [6.07, 6.45) is 3.36. The van der Waals surface area contributed by atoms with E-state index in [1.807, 2.05) is 48.5 Å². The van der Waals surface area contributed by atoms with Crippen molar-refractivity contribution in [2.24, 2.45) is 0 Å². The van der Waals surface area contributed by atoms with Crippen LogP contribution >= 0.6 is 0 Å². The molecule has 0 radical (unpaired) electrons. The zero-order valence-corrected chi connectivity index (χ0v) is 14.7. The van der Waals surface area contributed by atoms with E-state index < -0.39 is 0 Å². The van der Waals surface area contributed by atoms with E-state index in [1.54, 1.807) is 48.8 Å². The summed E-state index contributed by atoms with van der Waals surface area (Å²) in [4.78, 5) is 8.22. The predicted molar refractivity (Wildman–Crippen MR) is 104 cm³/mol. The molecule has 2 aromatic carbocycles. The van der Waals surface area contributed by atoms with Gasteiger partial charge in [0, 0.05) is 12.4 Å². The topological polar surface area (TPSA) is 71.9 Å². The molecule has 0 aliphatic carbocycles. The molecule has 4 aromatic rings. The zero-order valence-electron chi connectivity index (χ0n) is 14.7. The Hall–Kier alpha value is -3.49. The summed E-state index contributed by atoms with van der Waals surface area (Å²) in [6.45, 7) is 0. The zero-order chi connectivity index (χ0) is 18.2. The average Bonchev–Trinajstić information content (AvgIpc) is 2.71. The maximum atomic E-state index is 11.4. The Balaban J connectivity index is 0.000000187. The molecule has 5 heteroatoms. The van der Waals surface area contributed by atoms with Crippen molar-refractivity contribution in [3.63, 3.8) is 0 Å². The molecule has 0 saturated carbocycles. The molecule has 0 bridgehead atoms. The van der Waals surface area contributed by atoms with Gasteiger partial charge in [-0.1, -0.05) is 72.2 Å². The van der Waals surface area contributed by atoms with Crippen LogP contribution in [0, 0.1) is 0 Å². The smallest absolute Gasteiger partial charge is 0.872 e. The molecule has 0 saturated heterocycles. The second-order valence-corrected chi connectivity index (χ2v) is 5.42. The summed E-state index contributed by atoms with van der Waals surface area (Å²) in [6, 6.07) is 24.9. The predicted octanol–water partition coefficient (Wildman–Crippen LogP) is 3.26. The van der Waals surface area contributed by atoms with Gasteiger partial charge in [-0.3, -0.25) is 9.97 Å². The minimum atomic E-state index is 0. The van der Waals surface area contributed by atoms with E-state index in [2.05, 4.69) is 9.97 Å². The average molecular weight is 349 g/mol. The van der Waals surface area contributed by atoms with Crippen molar-refractivity contribution in [1.82, 2.24) is 9.97 Å². The fraction of sp³-hybridized carbons (Fsp3) is 0. The second-order valence-electron chi connectivity index (χ2n) is 5.42. The number of aromatic nitrogens is 2. The second kappa shape index (κ2) is 9.85. The Morgan fingerprint density at radius 1 is 0.481 bits per heavy atom. The van der Waals surface area contributed by atoms with Gasteiger partial charge in [0.15, 0.2) is 0 Å². The molecule has 4 nitrogen and oxygen atoms in total. The summed E-state index contributed by atoms with van der Waals surface area (Å²) in [5, 5.41) is 22.8. The molecule has 0 unspecified atom stereocenters. The Labute approximate surface area is 162 Å². The monoisotopic (exact) mass is 349 g/mol. The van der Waals surface area contributed by atoms with Crippen LogP contribution in [-0.2, 0) is 0 Å². The van der Waals surface area contributed by atoms with Crippen LogP contribution in [0.25, 0.3) is 22.5 Å². The number of rotatable bonds is 2. The molecular formula is C22H16BeN2O2. The fourth-order valence-corrected chi connectivity index (χ4v) is 2.40. The number of para-hydroxylation sites is 2. The normalized spacial score (nSPS) is 9.48. The van der Waals surface area contributed by atoms with Crippen LogP contribution in [0.3, 0.4) is 0 Å². The minimum absolute atomic E-state index is 0. The summed E-state index contributed by atoms with van der Waals surface area (Å²) >= 11 is 0. The van der Waals surface area contributed by atoms with Crippen LogP contribution in [0.5, 0.6) is 11.5 Å². The molecule has 0 spiro atoms. The van der Waals surface area contributed by atoms with E-state index in [9.17, 15) is 10.2 Å². The molecule has 2 heterocycles. The van der Waals surface area contributed by atoms with E-state index in [-0.39, 0.29) is 21.6 Å². The molecule has 2 aromatic heterocycles. The maximum Gasteiger partial charge on any atom is 2.00 e. The maximum absolute atomic E-state index is 11.4. The van der Waals surface area contributed by atoms with Crippen LogP contribution in [0.4, 0.5) is 0 Å². The molecule has 4 rings (SSSR count). The van der Waals surface area contributed by atoms with Crippen LogP contribution in [0.15, 0.2) is 97.3 Å².